The summed E-state index contributed by atoms with van der Waals surface area (Å²) in [7, 11) is 0. The highest BCUT2D eigenvalue weighted by molar-refractivity contribution is 5.96. The summed E-state index contributed by atoms with van der Waals surface area (Å²) < 4.78 is 18.6. The Morgan fingerprint density at radius 1 is 1.59 bits per heavy atom. The van der Waals surface area contributed by atoms with E-state index in [-0.39, 0.29) is 24.2 Å². The lowest BCUT2D eigenvalue weighted by molar-refractivity contribution is -0.125. The molecule has 0 radical (unpaired) electrons. The summed E-state index contributed by atoms with van der Waals surface area (Å²) in [4.78, 5) is 12.1. The average molecular weight is 238 g/mol. The van der Waals surface area contributed by atoms with E-state index in [1.807, 2.05) is 0 Å². The summed E-state index contributed by atoms with van der Waals surface area (Å²) in [6.07, 6.45) is 0. The van der Waals surface area contributed by atoms with E-state index in [1.54, 1.807) is 19.1 Å². The van der Waals surface area contributed by atoms with Gasteiger partial charge in [-0.25, -0.2) is 4.39 Å². The lowest BCUT2D eigenvalue weighted by Crippen LogP contribution is -2.47. The van der Waals surface area contributed by atoms with Gasteiger partial charge in [0.25, 0.3) is 0 Å². The number of hydrogen-bond donors (Lipinski definition) is 2. The van der Waals surface area contributed by atoms with Crippen LogP contribution in [0.15, 0.2) is 24.3 Å². The van der Waals surface area contributed by atoms with Crippen molar-refractivity contribution in [1.29, 1.82) is 0 Å². The predicted octanol–water partition coefficient (Wildman–Crippen LogP) is 1.13. The standard InChI is InChI=1S/C12H15FN2O2/c1-12(7-17-6-10(12)14)11(16)15-9-5-3-2-4-8(9)13/h2-5,10H,6-7,14H2,1H3,(H,15,16). The molecule has 1 saturated heterocycles. The molecule has 5 heteroatoms. The summed E-state index contributed by atoms with van der Waals surface area (Å²) in [5, 5.41) is 2.55. The molecule has 1 amide bonds. The van der Waals surface area contributed by atoms with Gasteiger partial charge in [0, 0.05) is 6.04 Å². The molecule has 1 aliphatic rings. The van der Waals surface area contributed by atoms with E-state index >= 15 is 0 Å². The SMILES string of the molecule is CC1(C(=O)Nc2ccccc2F)COCC1N. The molecule has 0 spiro atoms. The number of hydrogen-bond acceptors (Lipinski definition) is 3. The van der Waals surface area contributed by atoms with Crippen molar-refractivity contribution in [3.63, 3.8) is 0 Å². The average Bonchev–Trinajstić information content (AvgIpc) is 2.64. The number of halogens is 1. The van der Waals surface area contributed by atoms with Gasteiger partial charge in [0.15, 0.2) is 0 Å². The van der Waals surface area contributed by atoms with E-state index in [0.29, 0.717) is 6.61 Å². The predicted molar refractivity (Wildman–Crippen MR) is 61.9 cm³/mol. The molecule has 92 valence electrons. The number of amides is 1. The molecule has 0 aliphatic carbocycles. The maximum atomic E-state index is 13.4. The van der Waals surface area contributed by atoms with Crippen LogP contribution in [-0.2, 0) is 9.53 Å². The van der Waals surface area contributed by atoms with Crippen LogP contribution in [0.4, 0.5) is 10.1 Å². The second kappa shape index (κ2) is 4.43. The monoisotopic (exact) mass is 238 g/mol. The zero-order chi connectivity index (χ0) is 12.5. The van der Waals surface area contributed by atoms with E-state index in [9.17, 15) is 9.18 Å². The van der Waals surface area contributed by atoms with Crippen molar-refractivity contribution in [2.75, 3.05) is 18.5 Å². The topological polar surface area (TPSA) is 64.3 Å². The van der Waals surface area contributed by atoms with Crippen LogP contribution in [0.3, 0.4) is 0 Å². The van der Waals surface area contributed by atoms with Crippen molar-refractivity contribution in [2.45, 2.75) is 13.0 Å². The molecule has 1 aromatic carbocycles. The van der Waals surface area contributed by atoms with Crippen molar-refractivity contribution >= 4 is 11.6 Å². The van der Waals surface area contributed by atoms with Gasteiger partial charge in [-0.3, -0.25) is 4.79 Å². The third-order valence-electron chi connectivity index (χ3n) is 3.16. The number of rotatable bonds is 2. The Morgan fingerprint density at radius 2 is 2.29 bits per heavy atom. The first-order valence-corrected chi connectivity index (χ1v) is 5.43. The quantitative estimate of drug-likeness (QED) is 0.811. The van der Waals surface area contributed by atoms with Crippen LogP contribution < -0.4 is 11.1 Å². The largest absolute Gasteiger partial charge is 0.379 e. The van der Waals surface area contributed by atoms with Gasteiger partial charge in [-0.2, -0.15) is 0 Å². The molecule has 1 aliphatic heterocycles. The molecule has 2 unspecified atom stereocenters. The molecule has 0 aromatic heterocycles. The van der Waals surface area contributed by atoms with Gasteiger partial charge < -0.3 is 15.8 Å². The Labute approximate surface area is 98.9 Å². The van der Waals surface area contributed by atoms with Crippen molar-refractivity contribution in [3.05, 3.63) is 30.1 Å². The zero-order valence-electron chi connectivity index (χ0n) is 9.57. The number of benzene rings is 1. The molecule has 0 bridgehead atoms. The first kappa shape index (κ1) is 12.0. The third kappa shape index (κ3) is 2.16. The van der Waals surface area contributed by atoms with Crippen molar-refractivity contribution in [3.8, 4) is 0 Å². The minimum atomic E-state index is -0.803. The second-order valence-corrected chi connectivity index (χ2v) is 4.47. The van der Waals surface area contributed by atoms with Crippen molar-refractivity contribution in [2.24, 2.45) is 11.1 Å². The molecular weight excluding hydrogens is 223 g/mol. The van der Waals surface area contributed by atoms with Crippen LogP contribution in [0.5, 0.6) is 0 Å². The van der Waals surface area contributed by atoms with E-state index in [4.69, 9.17) is 10.5 Å². The van der Waals surface area contributed by atoms with Gasteiger partial charge in [-0.1, -0.05) is 12.1 Å². The molecule has 2 atom stereocenters. The number of ether oxygens (including phenoxy) is 1. The van der Waals surface area contributed by atoms with Crippen molar-refractivity contribution < 1.29 is 13.9 Å². The molecule has 17 heavy (non-hydrogen) atoms. The van der Waals surface area contributed by atoms with Gasteiger partial charge in [-0.15, -0.1) is 0 Å². The Hall–Kier alpha value is -1.46. The van der Waals surface area contributed by atoms with E-state index in [0.717, 1.165) is 0 Å². The highest BCUT2D eigenvalue weighted by atomic mass is 19.1. The van der Waals surface area contributed by atoms with Crippen molar-refractivity contribution in [1.82, 2.24) is 0 Å². The van der Waals surface area contributed by atoms with Crippen LogP contribution in [0, 0.1) is 11.2 Å². The molecular formula is C12H15FN2O2. The number of carbonyl (C=O) groups excluding carboxylic acids is 1. The molecule has 2 rings (SSSR count). The fraction of sp³-hybridized carbons (Fsp3) is 0.417. The van der Waals surface area contributed by atoms with Crippen LogP contribution in [-0.4, -0.2) is 25.2 Å². The minimum Gasteiger partial charge on any atom is -0.379 e. The lowest BCUT2D eigenvalue weighted by Gasteiger charge is -2.25. The highest BCUT2D eigenvalue weighted by Crippen LogP contribution is 2.29. The summed E-state index contributed by atoms with van der Waals surface area (Å²) in [6, 6.07) is 5.67. The highest BCUT2D eigenvalue weighted by Gasteiger charge is 2.44. The summed E-state index contributed by atoms with van der Waals surface area (Å²) >= 11 is 0. The van der Waals surface area contributed by atoms with E-state index < -0.39 is 11.2 Å². The Balaban J connectivity index is 2.15. The number of para-hydroxylation sites is 1. The fourth-order valence-electron chi connectivity index (χ4n) is 1.75. The first-order chi connectivity index (χ1) is 8.04. The zero-order valence-corrected chi connectivity index (χ0v) is 9.57. The molecule has 3 N–H and O–H groups in total. The van der Waals surface area contributed by atoms with Gasteiger partial charge >= 0.3 is 0 Å². The van der Waals surface area contributed by atoms with E-state index in [1.165, 1.54) is 12.1 Å². The van der Waals surface area contributed by atoms with Crippen LogP contribution in [0.1, 0.15) is 6.92 Å². The number of anilines is 1. The third-order valence-corrected chi connectivity index (χ3v) is 3.16. The maximum Gasteiger partial charge on any atom is 0.234 e. The van der Waals surface area contributed by atoms with Crippen LogP contribution in [0.25, 0.3) is 0 Å². The lowest BCUT2D eigenvalue weighted by atomic mass is 9.85. The van der Waals surface area contributed by atoms with Gasteiger partial charge in [-0.05, 0) is 19.1 Å². The Morgan fingerprint density at radius 3 is 2.88 bits per heavy atom. The second-order valence-electron chi connectivity index (χ2n) is 4.47. The normalized spacial score (nSPS) is 28.1. The molecule has 1 fully saturated rings. The number of nitrogens with one attached hydrogen (secondary N) is 1. The summed E-state index contributed by atoms with van der Waals surface area (Å²) in [5.41, 5.74) is 5.19. The number of nitrogens with two attached hydrogens (primary N) is 1. The smallest absolute Gasteiger partial charge is 0.234 e. The number of carbonyl (C=O) groups is 1. The molecule has 0 saturated carbocycles. The van der Waals surface area contributed by atoms with Crippen LogP contribution in [0.2, 0.25) is 0 Å². The Bertz CT molecular complexity index is 438. The van der Waals surface area contributed by atoms with Crippen LogP contribution >= 0.6 is 0 Å². The fourth-order valence-corrected chi connectivity index (χ4v) is 1.75. The molecule has 1 heterocycles. The first-order valence-electron chi connectivity index (χ1n) is 5.43. The summed E-state index contributed by atoms with van der Waals surface area (Å²) in [5.74, 6) is -0.774. The Kier molecular flexibility index (Phi) is 3.13. The van der Waals surface area contributed by atoms with Gasteiger partial charge in [0.1, 0.15) is 5.82 Å². The van der Waals surface area contributed by atoms with Gasteiger partial charge in [0.2, 0.25) is 5.91 Å². The maximum absolute atomic E-state index is 13.4. The molecule has 4 nitrogen and oxygen atoms in total. The molecule has 1 aromatic rings. The minimum absolute atomic E-state index is 0.165. The van der Waals surface area contributed by atoms with Gasteiger partial charge in [0.05, 0.1) is 24.3 Å². The van der Waals surface area contributed by atoms with E-state index in [2.05, 4.69) is 5.32 Å². The summed E-state index contributed by atoms with van der Waals surface area (Å²) in [6.45, 7) is 2.33.